The fourth-order valence-electron chi connectivity index (χ4n) is 1.75. The lowest BCUT2D eigenvalue weighted by molar-refractivity contribution is 0.100. The highest BCUT2D eigenvalue weighted by Crippen LogP contribution is 2.26. The number of anilines is 1. The first kappa shape index (κ1) is 11.2. The zero-order chi connectivity index (χ0) is 11.7. The van der Waals surface area contributed by atoms with Gasteiger partial charge in [-0.1, -0.05) is 11.6 Å². The third kappa shape index (κ3) is 1.99. The van der Waals surface area contributed by atoms with Gasteiger partial charge in [-0.15, -0.1) is 0 Å². The van der Waals surface area contributed by atoms with Gasteiger partial charge in [0, 0.05) is 25.2 Å². The van der Waals surface area contributed by atoms with Crippen molar-refractivity contribution in [1.82, 2.24) is 5.32 Å². The first-order chi connectivity index (χ1) is 7.59. The molecule has 1 aliphatic rings. The maximum absolute atomic E-state index is 11.3. The summed E-state index contributed by atoms with van der Waals surface area (Å²) in [6.07, 6.45) is 0. The molecule has 1 heterocycles. The van der Waals surface area contributed by atoms with Gasteiger partial charge in [0.05, 0.1) is 17.3 Å². The largest absolute Gasteiger partial charge is 0.368 e. The van der Waals surface area contributed by atoms with Gasteiger partial charge < -0.3 is 16.0 Å². The summed E-state index contributed by atoms with van der Waals surface area (Å²) >= 11 is 5.94. The molecule has 1 aromatic rings. The third-order valence-corrected chi connectivity index (χ3v) is 3.15. The zero-order valence-corrected chi connectivity index (χ0v) is 9.79. The Morgan fingerprint density at radius 3 is 2.75 bits per heavy atom. The average molecular weight is 240 g/mol. The van der Waals surface area contributed by atoms with Crippen molar-refractivity contribution in [2.75, 3.05) is 25.0 Å². The summed E-state index contributed by atoms with van der Waals surface area (Å²) in [5.41, 5.74) is 6.65. The zero-order valence-electron chi connectivity index (χ0n) is 9.03. The minimum Gasteiger partial charge on any atom is -0.368 e. The van der Waals surface area contributed by atoms with Crippen LogP contribution in [0.2, 0.25) is 5.02 Å². The van der Waals surface area contributed by atoms with Gasteiger partial charge in [0.25, 0.3) is 5.91 Å². The van der Waals surface area contributed by atoms with Crippen LogP contribution in [0.15, 0.2) is 18.2 Å². The predicted octanol–water partition coefficient (Wildman–Crippen LogP) is 0.847. The van der Waals surface area contributed by atoms with Crippen molar-refractivity contribution in [2.45, 2.75) is 6.04 Å². The van der Waals surface area contributed by atoms with Gasteiger partial charge in [0.1, 0.15) is 0 Å². The molecule has 5 heteroatoms. The molecule has 2 rings (SSSR count). The Morgan fingerprint density at radius 2 is 2.25 bits per heavy atom. The average Bonchev–Trinajstić information content (AvgIpc) is 2.14. The molecule has 86 valence electrons. The highest BCUT2D eigenvalue weighted by atomic mass is 35.5. The maximum Gasteiger partial charge on any atom is 0.250 e. The Balaban J connectivity index is 2.36. The molecule has 1 amide bonds. The monoisotopic (exact) mass is 239 g/mol. The van der Waals surface area contributed by atoms with Crippen LogP contribution in [0.3, 0.4) is 0 Å². The number of hydrogen-bond donors (Lipinski definition) is 2. The molecule has 0 bridgehead atoms. The molecule has 1 aromatic carbocycles. The first-order valence-electron chi connectivity index (χ1n) is 5.12. The maximum atomic E-state index is 11.3. The Bertz CT molecular complexity index is 418. The lowest BCUT2D eigenvalue weighted by atomic mass is 10.1. The minimum absolute atomic E-state index is 0.400. The number of nitrogens with one attached hydrogen (secondary N) is 1. The molecule has 0 aliphatic carbocycles. The Kier molecular flexibility index (Phi) is 3.03. The number of rotatable bonds is 3. The van der Waals surface area contributed by atoms with Crippen molar-refractivity contribution in [1.29, 1.82) is 0 Å². The lowest BCUT2D eigenvalue weighted by Crippen LogP contribution is -2.56. The molecule has 1 fully saturated rings. The fourth-order valence-corrected chi connectivity index (χ4v) is 1.92. The lowest BCUT2D eigenvalue weighted by Gasteiger charge is -2.37. The number of nitrogens with zero attached hydrogens (tertiary/aromatic N) is 1. The predicted molar refractivity (Wildman–Crippen MR) is 65.0 cm³/mol. The fraction of sp³-hybridized carbons (Fsp3) is 0.364. The molecule has 3 N–H and O–H groups in total. The summed E-state index contributed by atoms with van der Waals surface area (Å²) < 4.78 is 0. The standard InChI is InChI=1S/C11H14ClN3O/c1-15(8-5-14-6-8)10-4-7(12)2-3-9(10)11(13)16/h2-4,8,14H,5-6H2,1H3,(H2,13,16). The second-order valence-corrected chi connectivity index (χ2v) is 4.39. The van der Waals surface area contributed by atoms with Crippen LogP contribution < -0.4 is 16.0 Å². The van der Waals surface area contributed by atoms with Crippen LogP contribution in [0.5, 0.6) is 0 Å². The number of carbonyl (C=O) groups excluding carboxylic acids is 1. The van der Waals surface area contributed by atoms with Crippen molar-refractivity contribution >= 4 is 23.2 Å². The van der Waals surface area contributed by atoms with Gasteiger partial charge in [-0.05, 0) is 18.2 Å². The second-order valence-electron chi connectivity index (χ2n) is 3.95. The summed E-state index contributed by atoms with van der Waals surface area (Å²) in [5.74, 6) is -0.425. The summed E-state index contributed by atoms with van der Waals surface area (Å²) in [4.78, 5) is 13.3. The number of carbonyl (C=O) groups is 1. The van der Waals surface area contributed by atoms with Crippen LogP contribution in [-0.2, 0) is 0 Å². The molecule has 0 aromatic heterocycles. The molecule has 0 atom stereocenters. The molecule has 4 nitrogen and oxygen atoms in total. The number of nitrogens with two attached hydrogens (primary N) is 1. The van der Waals surface area contributed by atoms with Crippen LogP contribution in [0, 0.1) is 0 Å². The summed E-state index contributed by atoms with van der Waals surface area (Å²) in [7, 11) is 1.95. The number of halogens is 1. The van der Waals surface area contributed by atoms with E-state index in [0.29, 0.717) is 16.6 Å². The number of amides is 1. The molecule has 0 unspecified atom stereocenters. The van der Waals surface area contributed by atoms with Gasteiger partial charge in [-0.25, -0.2) is 0 Å². The molecular weight excluding hydrogens is 226 g/mol. The van der Waals surface area contributed by atoms with E-state index in [9.17, 15) is 4.79 Å². The van der Waals surface area contributed by atoms with E-state index in [2.05, 4.69) is 5.32 Å². The number of benzene rings is 1. The van der Waals surface area contributed by atoms with Crippen molar-refractivity contribution in [2.24, 2.45) is 5.73 Å². The van der Waals surface area contributed by atoms with Gasteiger partial charge in [0.2, 0.25) is 0 Å². The van der Waals surface area contributed by atoms with E-state index in [1.807, 2.05) is 11.9 Å². The SMILES string of the molecule is CN(c1cc(Cl)ccc1C(N)=O)C1CNC1. The van der Waals surface area contributed by atoms with Crippen molar-refractivity contribution < 1.29 is 4.79 Å². The number of primary amides is 1. The van der Waals surface area contributed by atoms with Crippen LogP contribution in [0.1, 0.15) is 10.4 Å². The van der Waals surface area contributed by atoms with E-state index in [4.69, 9.17) is 17.3 Å². The molecule has 0 spiro atoms. The Morgan fingerprint density at radius 1 is 1.56 bits per heavy atom. The van der Waals surface area contributed by atoms with E-state index in [-0.39, 0.29) is 0 Å². The summed E-state index contributed by atoms with van der Waals surface area (Å²) in [5, 5.41) is 3.79. The molecular formula is C11H14ClN3O. The molecule has 0 radical (unpaired) electrons. The van der Waals surface area contributed by atoms with E-state index < -0.39 is 5.91 Å². The molecule has 1 saturated heterocycles. The van der Waals surface area contributed by atoms with E-state index >= 15 is 0 Å². The van der Waals surface area contributed by atoms with Gasteiger partial charge >= 0.3 is 0 Å². The molecule has 0 saturated carbocycles. The summed E-state index contributed by atoms with van der Waals surface area (Å²) in [6.45, 7) is 1.84. The minimum atomic E-state index is -0.425. The van der Waals surface area contributed by atoms with Crippen LogP contribution in [0.4, 0.5) is 5.69 Å². The molecule has 16 heavy (non-hydrogen) atoms. The topological polar surface area (TPSA) is 58.4 Å². The van der Waals surface area contributed by atoms with Crippen molar-refractivity contribution in [3.63, 3.8) is 0 Å². The first-order valence-corrected chi connectivity index (χ1v) is 5.50. The van der Waals surface area contributed by atoms with Crippen LogP contribution >= 0.6 is 11.6 Å². The van der Waals surface area contributed by atoms with Crippen LogP contribution in [0.25, 0.3) is 0 Å². The highest BCUT2D eigenvalue weighted by molar-refractivity contribution is 6.31. The quantitative estimate of drug-likeness (QED) is 0.822. The van der Waals surface area contributed by atoms with Gasteiger partial charge in [0.15, 0.2) is 0 Å². The smallest absolute Gasteiger partial charge is 0.250 e. The number of hydrogen-bond acceptors (Lipinski definition) is 3. The Labute approximate surface area is 99.4 Å². The second kappa shape index (κ2) is 4.31. The van der Waals surface area contributed by atoms with Crippen LogP contribution in [-0.4, -0.2) is 32.1 Å². The summed E-state index contributed by atoms with van der Waals surface area (Å²) in [6, 6.07) is 5.53. The van der Waals surface area contributed by atoms with Crippen molar-refractivity contribution in [3.05, 3.63) is 28.8 Å². The van der Waals surface area contributed by atoms with Crippen molar-refractivity contribution in [3.8, 4) is 0 Å². The Hall–Kier alpha value is -1.26. The normalized spacial score (nSPS) is 15.6. The molecule has 1 aliphatic heterocycles. The van der Waals surface area contributed by atoms with Gasteiger partial charge in [-0.3, -0.25) is 4.79 Å². The van der Waals surface area contributed by atoms with Gasteiger partial charge in [-0.2, -0.15) is 0 Å². The van der Waals surface area contributed by atoms with E-state index in [1.54, 1.807) is 18.2 Å². The number of likely N-dealkylation sites (N-methyl/N-ethyl adjacent to an activating group) is 1. The van der Waals surface area contributed by atoms with E-state index in [0.717, 1.165) is 18.8 Å². The third-order valence-electron chi connectivity index (χ3n) is 2.91. The van der Waals surface area contributed by atoms with E-state index in [1.165, 1.54) is 0 Å². The highest BCUT2D eigenvalue weighted by Gasteiger charge is 2.24.